The zero-order chi connectivity index (χ0) is 9.54. The van der Waals surface area contributed by atoms with E-state index in [4.69, 9.17) is 0 Å². The lowest BCUT2D eigenvalue weighted by molar-refractivity contribution is 1.18. The highest BCUT2D eigenvalue weighted by Gasteiger charge is 2.02. The molecule has 0 N–H and O–H groups in total. The van der Waals surface area contributed by atoms with Crippen molar-refractivity contribution < 1.29 is 0 Å². The van der Waals surface area contributed by atoms with E-state index in [1.807, 2.05) is 37.6 Å². The number of nitrogens with zero attached hydrogens (tertiary/aromatic N) is 3. The molecule has 3 rings (SSSR count). The molecule has 3 aromatic rings. The number of imidazole rings is 1. The minimum Gasteiger partial charge on any atom is -0.295 e. The molecule has 0 saturated carbocycles. The molecule has 0 amide bonds. The van der Waals surface area contributed by atoms with Gasteiger partial charge in [-0.15, -0.1) is 0 Å². The average Bonchev–Trinajstić information content (AvgIpc) is 2.61. The summed E-state index contributed by atoms with van der Waals surface area (Å²) in [7, 11) is 0. The van der Waals surface area contributed by atoms with Crippen LogP contribution in [0.1, 0.15) is 5.69 Å². The molecule has 2 heterocycles. The number of para-hydroxylation sites is 2. The standard InChI is InChI=1S/C11H9N3/c1-8-11-6-12-9-4-2-3-5-10(9)14(11)7-13-8/h2-7H,1H3. The first-order valence-corrected chi connectivity index (χ1v) is 4.54. The van der Waals surface area contributed by atoms with Crippen LogP contribution in [0.3, 0.4) is 0 Å². The highest BCUT2D eigenvalue weighted by molar-refractivity contribution is 5.78. The van der Waals surface area contributed by atoms with E-state index >= 15 is 0 Å². The molecule has 0 aliphatic heterocycles. The molecule has 0 aliphatic carbocycles. The van der Waals surface area contributed by atoms with Gasteiger partial charge in [-0.1, -0.05) is 12.1 Å². The fourth-order valence-corrected chi connectivity index (χ4v) is 1.70. The molecule has 0 radical (unpaired) electrons. The molecule has 0 saturated heterocycles. The normalized spacial score (nSPS) is 11.2. The van der Waals surface area contributed by atoms with Gasteiger partial charge >= 0.3 is 0 Å². The second-order valence-electron chi connectivity index (χ2n) is 3.33. The van der Waals surface area contributed by atoms with E-state index in [-0.39, 0.29) is 0 Å². The molecule has 3 nitrogen and oxygen atoms in total. The monoisotopic (exact) mass is 183 g/mol. The number of rotatable bonds is 0. The Bertz CT molecular complexity index is 610. The van der Waals surface area contributed by atoms with E-state index in [0.717, 1.165) is 22.2 Å². The van der Waals surface area contributed by atoms with Gasteiger partial charge in [0.1, 0.15) is 6.33 Å². The Balaban J connectivity index is 2.61. The smallest absolute Gasteiger partial charge is 0.100 e. The van der Waals surface area contributed by atoms with Crippen LogP contribution in [-0.2, 0) is 0 Å². The Kier molecular flexibility index (Phi) is 1.36. The highest BCUT2D eigenvalue weighted by atomic mass is 15.0. The van der Waals surface area contributed by atoms with Gasteiger partial charge in [-0.3, -0.25) is 9.38 Å². The quantitative estimate of drug-likeness (QED) is 0.534. The van der Waals surface area contributed by atoms with Crippen molar-refractivity contribution in [2.24, 2.45) is 0 Å². The minimum absolute atomic E-state index is 0.998. The van der Waals surface area contributed by atoms with Gasteiger partial charge in [-0.2, -0.15) is 0 Å². The SMILES string of the molecule is Cc1ncn2c1cnc1ccccc12. The Labute approximate surface area is 81.0 Å². The molecular weight excluding hydrogens is 174 g/mol. The second kappa shape index (κ2) is 2.54. The Morgan fingerprint density at radius 3 is 2.86 bits per heavy atom. The number of aryl methyl sites for hydroxylation is 1. The second-order valence-corrected chi connectivity index (χ2v) is 3.33. The molecule has 0 aliphatic rings. The van der Waals surface area contributed by atoms with Crippen LogP contribution in [0.5, 0.6) is 0 Å². The van der Waals surface area contributed by atoms with Crippen LogP contribution in [0.2, 0.25) is 0 Å². The van der Waals surface area contributed by atoms with Crippen molar-refractivity contribution in [3.63, 3.8) is 0 Å². The van der Waals surface area contributed by atoms with Crippen LogP contribution in [0.25, 0.3) is 16.6 Å². The van der Waals surface area contributed by atoms with E-state index in [2.05, 4.69) is 20.4 Å². The van der Waals surface area contributed by atoms with E-state index < -0.39 is 0 Å². The van der Waals surface area contributed by atoms with Gasteiger partial charge < -0.3 is 0 Å². The third kappa shape index (κ3) is 0.865. The van der Waals surface area contributed by atoms with Gasteiger partial charge in [0.2, 0.25) is 0 Å². The zero-order valence-corrected chi connectivity index (χ0v) is 7.81. The van der Waals surface area contributed by atoms with Crippen LogP contribution in [-0.4, -0.2) is 14.4 Å². The van der Waals surface area contributed by atoms with Crippen LogP contribution in [0.15, 0.2) is 36.8 Å². The topological polar surface area (TPSA) is 30.2 Å². The molecule has 0 bridgehead atoms. The van der Waals surface area contributed by atoms with Crippen LogP contribution in [0.4, 0.5) is 0 Å². The Morgan fingerprint density at radius 2 is 1.93 bits per heavy atom. The maximum absolute atomic E-state index is 4.38. The first kappa shape index (κ1) is 7.50. The summed E-state index contributed by atoms with van der Waals surface area (Å²) in [6, 6.07) is 8.06. The summed E-state index contributed by atoms with van der Waals surface area (Å²) in [6.07, 6.45) is 3.71. The first-order chi connectivity index (χ1) is 6.86. The van der Waals surface area contributed by atoms with Gasteiger partial charge in [0.15, 0.2) is 0 Å². The molecule has 14 heavy (non-hydrogen) atoms. The van der Waals surface area contributed by atoms with Gasteiger partial charge in [0.05, 0.1) is 28.4 Å². The van der Waals surface area contributed by atoms with Gasteiger partial charge in [0, 0.05) is 0 Å². The van der Waals surface area contributed by atoms with E-state index in [0.29, 0.717) is 0 Å². The third-order valence-electron chi connectivity index (χ3n) is 2.46. The Hall–Kier alpha value is -1.90. The highest BCUT2D eigenvalue weighted by Crippen LogP contribution is 2.15. The largest absolute Gasteiger partial charge is 0.295 e. The number of benzene rings is 1. The van der Waals surface area contributed by atoms with E-state index in [9.17, 15) is 0 Å². The lowest BCUT2D eigenvalue weighted by Gasteiger charge is -2.00. The summed E-state index contributed by atoms with van der Waals surface area (Å²) in [5, 5.41) is 0. The summed E-state index contributed by atoms with van der Waals surface area (Å²) >= 11 is 0. The molecule has 0 atom stereocenters. The van der Waals surface area contributed by atoms with Crippen LogP contribution >= 0.6 is 0 Å². The molecular formula is C11H9N3. The van der Waals surface area contributed by atoms with Crippen molar-refractivity contribution in [3.8, 4) is 0 Å². The molecule has 1 aromatic carbocycles. The van der Waals surface area contributed by atoms with Crippen molar-refractivity contribution in [2.45, 2.75) is 6.92 Å². The van der Waals surface area contributed by atoms with Crippen LogP contribution < -0.4 is 0 Å². The fraction of sp³-hybridized carbons (Fsp3) is 0.0909. The Morgan fingerprint density at radius 1 is 1.07 bits per heavy atom. The van der Waals surface area contributed by atoms with Crippen molar-refractivity contribution in [2.75, 3.05) is 0 Å². The molecule has 0 unspecified atom stereocenters. The molecule has 3 heteroatoms. The van der Waals surface area contributed by atoms with Crippen molar-refractivity contribution >= 4 is 16.6 Å². The summed E-state index contributed by atoms with van der Waals surface area (Å²) < 4.78 is 2.07. The van der Waals surface area contributed by atoms with Gasteiger partial charge in [-0.05, 0) is 19.1 Å². The third-order valence-corrected chi connectivity index (χ3v) is 2.46. The summed E-state index contributed by atoms with van der Waals surface area (Å²) in [4.78, 5) is 8.65. The molecule has 0 spiro atoms. The molecule has 2 aromatic heterocycles. The maximum Gasteiger partial charge on any atom is 0.100 e. The number of fused-ring (bicyclic) bond motifs is 3. The van der Waals surface area contributed by atoms with E-state index in [1.165, 1.54) is 0 Å². The first-order valence-electron chi connectivity index (χ1n) is 4.54. The van der Waals surface area contributed by atoms with Crippen molar-refractivity contribution in [1.29, 1.82) is 0 Å². The zero-order valence-electron chi connectivity index (χ0n) is 7.81. The summed E-state index contributed by atoms with van der Waals surface area (Å²) in [5.41, 5.74) is 4.19. The summed E-state index contributed by atoms with van der Waals surface area (Å²) in [5.74, 6) is 0. The lowest BCUT2D eigenvalue weighted by atomic mass is 10.3. The number of hydrogen-bond donors (Lipinski definition) is 0. The van der Waals surface area contributed by atoms with Crippen molar-refractivity contribution in [3.05, 3.63) is 42.5 Å². The minimum atomic E-state index is 0.998. The average molecular weight is 183 g/mol. The number of hydrogen-bond acceptors (Lipinski definition) is 2. The predicted molar refractivity (Wildman–Crippen MR) is 55.2 cm³/mol. The fourth-order valence-electron chi connectivity index (χ4n) is 1.70. The molecule has 0 fully saturated rings. The number of aromatic nitrogens is 3. The van der Waals surface area contributed by atoms with Crippen molar-refractivity contribution in [1.82, 2.24) is 14.4 Å². The predicted octanol–water partition coefficient (Wildman–Crippen LogP) is 2.19. The van der Waals surface area contributed by atoms with Crippen LogP contribution in [0, 0.1) is 6.92 Å². The summed E-state index contributed by atoms with van der Waals surface area (Å²) in [6.45, 7) is 1.99. The van der Waals surface area contributed by atoms with Gasteiger partial charge in [0.25, 0.3) is 0 Å². The molecule has 68 valence electrons. The van der Waals surface area contributed by atoms with Gasteiger partial charge in [-0.25, -0.2) is 4.98 Å². The van der Waals surface area contributed by atoms with E-state index in [1.54, 1.807) is 0 Å². The lowest BCUT2D eigenvalue weighted by Crippen LogP contribution is -1.88. The maximum atomic E-state index is 4.38.